The van der Waals surface area contributed by atoms with Crippen molar-refractivity contribution in [3.05, 3.63) is 54.6 Å². The lowest BCUT2D eigenvalue weighted by Gasteiger charge is -2.17. The molecule has 4 rings (SSSR count). The van der Waals surface area contributed by atoms with Gasteiger partial charge in [-0.2, -0.15) is 0 Å². The molecule has 1 aliphatic heterocycles. The van der Waals surface area contributed by atoms with Crippen LogP contribution in [0.1, 0.15) is 13.3 Å². The molecule has 2 N–H and O–H groups in total. The first kappa shape index (κ1) is 19.2. The van der Waals surface area contributed by atoms with Crippen molar-refractivity contribution >= 4 is 16.8 Å². The third kappa shape index (κ3) is 4.17. The fourth-order valence-corrected chi connectivity index (χ4v) is 3.63. The number of carbonyl (C=O) groups is 1. The van der Waals surface area contributed by atoms with Crippen LogP contribution in [-0.2, 0) is 4.79 Å². The zero-order chi connectivity index (χ0) is 20.2. The Balaban J connectivity index is 1.66. The van der Waals surface area contributed by atoms with E-state index >= 15 is 0 Å². The molecular weight excluding hydrogens is 366 g/mol. The third-order valence-corrected chi connectivity index (χ3v) is 5.10. The SMILES string of the molecule is CCNC(=O)C1CC(Oc2cc(-c3ccccc3)nc3cc(OC)ccc23)CN1. The average molecular weight is 391 g/mol. The molecule has 150 valence electrons. The molecule has 1 amide bonds. The number of benzene rings is 2. The lowest BCUT2D eigenvalue weighted by molar-refractivity contribution is -0.122. The average Bonchev–Trinajstić information content (AvgIpc) is 3.22. The zero-order valence-electron chi connectivity index (χ0n) is 16.6. The second-order valence-electron chi connectivity index (χ2n) is 7.09. The van der Waals surface area contributed by atoms with Crippen LogP contribution in [0.3, 0.4) is 0 Å². The lowest BCUT2D eigenvalue weighted by Crippen LogP contribution is -2.40. The van der Waals surface area contributed by atoms with Crippen LogP contribution in [0.4, 0.5) is 0 Å². The van der Waals surface area contributed by atoms with Crippen LogP contribution in [0.2, 0.25) is 0 Å². The van der Waals surface area contributed by atoms with Crippen LogP contribution in [0.25, 0.3) is 22.2 Å². The maximum absolute atomic E-state index is 12.1. The maximum atomic E-state index is 12.1. The van der Waals surface area contributed by atoms with Gasteiger partial charge in [-0.15, -0.1) is 0 Å². The molecule has 0 spiro atoms. The van der Waals surface area contributed by atoms with Gasteiger partial charge >= 0.3 is 0 Å². The molecule has 6 nitrogen and oxygen atoms in total. The highest BCUT2D eigenvalue weighted by Crippen LogP contribution is 2.33. The molecule has 0 aliphatic carbocycles. The monoisotopic (exact) mass is 391 g/mol. The van der Waals surface area contributed by atoms with Crippen molar-refractivity contribution in [2.45, 2.75) is 25.5 Å². The number of carbonyl (C=O) groups excluding carboxylic acids is 1. The van der Waals surface area contributed by atoms with Gasteiger partial charge in [-0.05, 0) is 19.1 Å². The van der Waals surface area contributed by atoms with Gasteiger partial charge in [0, 0.05) is 42.6 Å². The lowest BCUT2D eigenvalue weighted by atomic mass is 10.1. The van der Waals surface area contributed by atoms with E-state index in [1.54, 1.807) is 7.11 Å². The molecule has 6 heteroatoms. The summed E-state index contributed by atoms with van der Waals surface area (Å²) in [5, 5.41) is 7.04. The molecule has 2 heterocycles. The van der Waals surface area contributed by atoms with Crippen LogP contribution in [-0.4, -0.2) is 43.2 Å². The number of aromatic nitrogens is 1. The molecule has 1 aromatic heterocycles. The molecule has 1 fully saturated rings. The van der Waals surface area contributed by atoms with Crippen molar-refractivity contribution in [2.24, 2.45) is 0 Å². The highest BCUT2D eigenvalue weighted by Gasteiger charge is 2.30. The molecule has 3 aromatic rings. The number of hydrogen-bond acceptors (Lipinski definition) is 5. The Bertz CT molecular complexity index is 1010. The normalized spacial score (nSPS) is 18.6. The molecule has 2 unspecified atom stereocenters. The fourth-order valence-electron chi connectivity index (χ4n) is 3.63. The first-order valence-electron chi connectivity index (χ1n) is 9.90. The van der Waals surface area contributed by atoms with E-state index in [4.69, 9.17) is 14.5 Å². The van der Waals surface area contributed by atoms with Crippen LogP contribution in [0.15, 0.2) is 54.6 Å². The Morgan fingerprint density at radius 3 is 2.79 bits per heavy atom. The highest BCUT2D eigenvalue weighted by molar-refractivity contribution is 5.89. The van der Waals surface area contributed by atoms with Gasteiger partial charge in [0.05, 0.1) is 24.4 Å². The van der Waals surface area contributed by atoms with Gasteiger partial charge in [-0.25, -0.2) is 4.98 Å². The van der Waals surface area contributed by atoms with Crippen molar-refractivity contribution in [1.29, 1.82) is 0 Å². The Morgan fingerprint density at radius 2 is 2.03 bits per heavy atom. The number of methoxy groups -OCH3 is 1. The minimum atomic E-state index is -0.221. The summed E-state index contributed by atoms with van der Waals surface area (Å²) in [4.78, 5) is 16.9. The van der Waals surface area contributed by atoms with Crippen molar-refractivity contribution < 1.29 is 14.3 Å². The van der Waals surface area contributed by atoms with E-state index in [-0.39, 0.29) is 18.1 Å². The van der Waals surface area contributed by atoms with Crippen molar-refractivity contribution in [2.75, 3.05) is 20.2 Å². The molecule has 0 bridgehead atoms. The maximum Gasteiger partial charge on any atom is 0.237 e. The standard InChI is InChI=1S/C23H25N3O3/c1-3-24-23(27)21-12-17(14-25-21)29-22-13-19(15-7-5-4-6-8-15)26-20-11-16(28-2)9-10-18(20)22/h4-11,13,17,21,25H,3,12,14H2,1-2H3,(H,24,27). The van der Waals surface area contributed by atoms with Crippen molar-refractivity contribution in [3.8, 4) is 22.8 Å². The van der Waals surface area contributed by atoms with Gasteiger partial charge in [-0.3, -0.25) is 4.79 Å². The van der Waals surface area contributed by atoms with Gasteiger partial charge < -0.3 is 20.1 Å². The van der Waals surface area contributed by atoms with E-state index in [1.165, 1.54) is 0 Å². The minimum absolute atomic E-state index is 0.0212. The number of pyridine rings is 1. The number of amides is 1. The predicted octanol–water partition coefficient (Wildman–Crippen LogP) is 3.16. The summed E-state index contributed by atoms with van der Waals surface area (Å²) in [6, 6.07) is 17.6. The molecule has 1 aliphatic rings. The summed E-state index contributed by atoms with van der Waals surface area (Å²) in [6.45, 7) is 3.17. The van der Waals surface area contributed by atoms with Crippen molar-refractivity contribution in [3.63, 3.8) is 0 Å². The van der Waals surface area contributed by atoms with E-state index in [1.807, 2.05) is 61.5 Å². The summed E-state index contributed by atoms with van der Waals surface area (Å²) >= 11 is 0. The number of nitrogens with one attached hydrogen (secondary N) is 2. The van der Waals surface area contributed by atoms with Crippen LogP contribution < -0.4 is 20.1 Å². The van der Waals surface area contributed by atoms with E-state index in [0.29, 0.717) is 19.5 Å². The van der Waals surface area contributed by atoms with Gasteiger partial charge in [0.1, 0.15) is 17.6 Å². The van der Waals surface area contributed by atoms with Crippen LogP contribution in [0, 0.1) is 0 Å². The number of likely N-dealkylation sites (N-methyl/N-ethyl adjacent to an activating group) is 1. The van der Waals surface area contributed by atoms with Gasteiger partial charge in [0.2, 0.25) is 5.91 Å². The summed E-state index contributed by atoms with van der Waals surface area (Å²) in [5.74, 6) is 1.53. The molecule has 2 atom stereocenters. The quantitative estimate of drug-likeness (QED) is 0.675. The van der Waals surface area contributed by atoms with Crippen LogP contribution >= 0.6 is 0 Å². The summed E-state index contributed by atoms with van der Waals surface area (Å²) < 4.78 is 11.7. The number of nitrogens with zero attached hydrogens (tertiary/aromatic N) is 1. The van der Waals surface area contributed by atoms with E-state index < -0.39 is 0 Å². The summed E-state index contributed by atoms with van der Waals surface area (Å²) in [5.41, 5.74) is 2.67. The fraction of sp³-hybridized carbons (Fsp3) is 0.304. The molecule has 29 heavy (non-hydrogen) atoms. The van der Waals surface area contributed by atoms with Gasteiger partial charge in [0.25, 0.3) is 0 Å². The number of rotatable bonds is 6. The molecular formula is C23H25N3O3. The Kier molecular flexibility index (Phi) is 5.62. The molecule has 0 radical (unpaired) electrons. The number of ether oxygens (including phenoxy) is 2. The first-order valence-corrected chi connectivity index (χ1v) is 9.90. The smallest absolute Gasteiger partial charge is 0.237 e. The Hall–Kier alpha value is -3.12. The van der Waals surface area contributed by atoms with Crippen LogP contribution in [0.5, 0.6) is 11.5 Å². The van der Waals surface area contributed by atoms with E-state index in [9.17, 15) is 4.79 Å². The topological polar surface area (TPSA) is 72.5 Å². The second kappa shape index (κ2) is 8.49. The molecule has 1 saturated heterocycles. The Morgan fingerprint density at radius 1 is 1.21 bits per heavy atom. The largest absolute Gasteiger partial charge is 0.497 e. The summed E-state index contributed by atoms with van der Waals surface area (Å²) in [6.07, 6.45) is 0.547. The minimum Gasteiger partial charge on any atom is -0.497 e. The zero-order valence-corrected chi connectivity index (χ0v) is 16.6. The van der Waals surface area contributed by atoms with Gasteiger partial charge in [-0.1, -0.05) is 30.3 Å². The first-order chi connectivity index (χ1) is 14.2. The van der Waals surface area contributed by atoms with Gasteiger partial charge in [0.15, 0.2) is 0 Å². The molecule has 2 aromatic carbocycles. The third-order valence-electron chi connectivity index (χ3n) is 5.10. The molecule has 0 saturated carbocycles. The predicted molar refractivity (Wildman–Crippen MR) is 113 cm³/mol. The number of hydrogen-bond donors (Lipinski definition) is 2. The van der Waals surface area contributed by atoms with E-state index in [0.717, 1.165) is 33.7 Å². The highest BCUT2D eigenvalue weighted by atomic mass is 16.5. The van der Waals surface area contributed by atoms with E-state index in [2.05, 4.69) is 10.6 Å². The Labute approximate surface area is 170 Å². The summed E-state index contributed by atoms with van der Waals surface area (Å²) in [7, 11) is 1.64. The van der Waals surface area contributed by atoms with Crippen molar-refractivity contribution in [1.82, 2.24) is 15.6 Å². The number of fused-ring (bicyclic) bond motifs is 1. The second-order valence-corrected chi connectivity index (χ2v) is 7.09.